The number of fused-ring (bicyclic) bond motifs is 1. The standard InChI is InChI=1S/C23H21N5O5S2/c29-19(15-8-7-9-16(14-15)28(32)33)24-22-25-26-23(35-22)34-13-6-2-1-5-12-27-20(30)17-10-3-4-11-18(17)21(27)31/h3-4,7-11,14H,1-2,5-6,12-13H2,(H,24,25,29). The minimum Gasteiger partial charge on any atom is -0.296 e. The summed E-state index contributed by atoms with van der Waals surface area (Å²) in [6, 6.07) is 12.4. The number of imide groups is 1. The number of nitro groups is 1. The first kappa shape index (κ1) is 24.5. The molecule has 0 spiro atoms. The number of nitrogens with zero attached hydrogens (tertiary/aromatic N) is 4. The van der Waals surface area contributed by atoms with Crippen LogP contribution in [0.15, 0.2) is 52.9 Å². The van der Waals surface area contributed by atoms with E-state index in [-0.39, 0.29) is 23.1 Å². The molecule has 4 rings (SSSR count). The molecular weight excluding hydrogens is 490 g/mol. The normalized spacial score (nSPS) is 12.6. The van der Waals surface area contributed by atoms with Gasteiger partial charge in [0.05, 0.1) is 16.1 Å². The van der Waals surface area contributed by atoms with Gasteiger partial charge in [0.15, 0.2) is 4.34 Å². The molecule has 12 heteroatoms. The van der Waals surface area contributed by atoms with Gasteiger partial charge in [-0.05, 0) is 31.0 Å². The van der Waals surface area contributed by atoms with E-state index in [1.807, 2.05) is 0 Å². The molecule has 0 saturated heterocycles. The number of unbranched alkanes of at least 4 members (excludes halogenated alkanes) is 3. The van der Waals surface area contributed by atoms with Crippen LogP contribution in [-0.4, -0.2) is 50.0 Å². The topological polar surface area (TPSA) is 135 Å². The Morgan fingerprint density at radius 1 is 1.00 bits per heavy atom. The highest BCUT2D eigenvalue weighted by atomic mass is 32.2. The lowest BCUT2D eigenvalue weighted by atomic mass is 10.1. The van der Waals surface area contributed by atoms with Crippen LogP contribution in [0.2, 0.25) is 0 Å². The number of aromatic nitrogens is 2. The molecule has 1 N–H and O–H groups in total. The minimum atomic E-state index is -0.555. The number of thioether (sulfide) groups is 1. The van der Waals surface area contributed by atoms with Gasteiger partial charge >= 0.3 is 0 Å². The lowest BCUT2D eigenvalue weighted by molar-refractivity contribution is -0.384. The van der Waals surface area contributed by atoms with Crippen molar-refractivity contribution in [3.8, 4) is 0 Å². The van der Waals surface area contributed by atoms with Gasteiger partial charge in [-0.3, -0.25) is 34.7 Å². The second kappa shape index (κ2) is 11.2. The zero-order chi connectivity index (χ0) is 24.8. The Morgan fingerprint density at radius 2 is 1.71 bits per heavy atom. The van der Waals surface area contributed by atoms with Crippen LogP contribution in [0.1, 0.15) is 56.8 Å². The molecule has 10 nitrogen and oxygen atoms in total. The first-order valence-corrected chi connectivity index (χ1v) is 12.7. The van der Waals surface area contributed by atoms with E-state index in [4.69, 9.17) is 0 Å². The van der Waals surface area contributed by atoms with E-state index in [1.54, 1.807) is 24.3 Å². The van der Waals surface area contributed by atoms with E-state index in [0.717, 1.165) is 31.4 Å². The first-order chi connectivity index (χ1) is 16.9. The number of amides is 3. The van der Waals surface area contributed by atoms with Crippen molar-refractivity contribution in [1.29, 1.82) is 0 Å². The van der Waals surface area contributed by atoms with Crippen LogP contribution in [0.5, 0.6) is 0 Å². The fraction of sp³-hybridized carbons (Fsp3) is 0.261. The highest BCUT2D eigenvalue weighted by Crippen LogP contribution is 2.27. The van der Waals surface area contributed by atoms with Gasteiger partial charge in [-0.1, -0.05) is 54.1 Å². The van der Waals surface area contributed by atoms with E-state index < -0.39 is 10.8 Å². The summed E-state index contributed by atoms with van der Waals surface area (Å²) in [6.07, 6.45) is 3.53. The molecule has 1 aliphatic rings. The number of hydrogen-bond acceptors (Lipinski definition) is 9. The highest BCUT2D eigenvalue weighted by Gasteiger charge is 2.34. The maximum atomic E-state index is 12.4. The first-order valence-electron chi connectivity index (χ1n) is 10.9. The highest BCUT2D eigenvalue weighted by molar-refractivity contribution is 8.01. The summed E-state index contributed by atoms with van der Waals surface area (Å²) in [5, 5.41) is 21.8. The van der Waals surface area contributed by atoms with Crippen LogP contribution >= 0.6 is 23.1 Å². The Morgan fingerprint density at radius 3 is 2.43 bits per heavy atom. The molecule has 1 aromatic heterocycles. The number of rotatable bonds is 11. The number of non-ortho nitro benzene ring substituents is 1. The minimum absolute atomic E-state index is 0.158. The van der Waals surface area contributed by atoms with Gasteiger partial charge in [-0.2, -0.15) is 0 Å². The van der Waals surface area contributed by atoms with Gasteiger partial charge in [0, 0.05) is 30.0 Å². The Labute approximate surface area is 208 Å². The van der Waals surface area contributed by atoms with E-state index in [1.165, 1.54) is 52.3 Å². The average Bonchev–Trinajstić information content (AvgIpc) is 3.41. The average molecular weight is 512 g/mol. The quantitative estimate of drug-likeness (QED) is 0.0981. The van der Waals surface area contributed by atoms with Crippen LogP contribution in [0.4, 0.5) is 10.8 Å². The lowest BCUT2D eigenvalue weighted by Crippen LogP contribution is -2.30. The molecule has 0 aliphatic carbocycles. The largest absolute Gasteiger partial charge is 0.296 e. The number of anilines is 1. The summed E-state index contributed by atoms with van der Waals surface area (Å²) in [7, 11) is 0. The Bertz CT molecular complexity index is 1240. The molecule has 0 fully saturated rings. The van der Waals surface area contributed by atoms with Crippen molar-refractivity contribution >= 4 is 51.6 Å². The Kier molecular flexibility index (Phi) is 7.83. The van der Waals surface area contributed by atoms with Crippen LogP contribution in [-0.2, 0) is 0 Å². The van der Waals surface area contributed by atoms with Gasteiger partial charge in [-0.25, -0.2) is 0 Å². The van der Waals surface area contributed by atoms with Crippen molar-refractivity contribution in [2.24, 2.45) is 0 Å². The van der Waals surface area contributed by atoms with Gasteiger partial charge < -0.3 is 0 Å². The predicted molar refractivity (Wildman–Crippen MR) is 132 cm³/mol. The van der Waals surface area contributed by atoms with Crippen LogP contribution in [0.25, 0.3) is 0 Å². The van der Waals surface area contributed by atoms with Crippen molar-refractivity contribution in [3.05, 3.63) is 75.3 Å². The third kappa shape index (κ3) is 5.89. The van der Waals surface area contributed by atoms with E-state index in [9.17, 15) is 24.5 Å². The van der Waals surface area contributed by atoms with Gasteiger partial charge in [0.2, 0.25) is 5.13 Å². The molecule has 180 valence electrons. The maximum absolute atomic E-state index is 12.4. The number of nitrogens with one attached hydrogen (secondary N) is 1. The maximum Gasteiger partial charge on any atom is 0.270 e. The molecule has 0 unspecified atom stereocenters. The van der Waals surface area contributed by atoms with Crippen molar-refractivity contribution < 1.29 is 19.3 Å². The number of carbonyl (C=O) groups is 3. The zero-order valence-electron chi connectivity index (χ0n) is 18.5. The summed E-state index contributed by atoms with van der Waals surface area (Å²) in [6.45, 7) is 0.420. The van der Waals surface area contributed by atoms with Crippen molar-refractivity contribution in [2.45, 2.75) is 30.0 Å². The number of hydrogen-bond donors (Lipinski definition) is 1. The molecular formula is C23H21N5O5S2. The third-order valence-corrected chi connectivity index (χ3v) is 7.38. The van der Waals surface area contributed by atoms with E-state index in [0.29, 0.717) is 27.1 Å². The van der Waals surface area contributed by atoms with E-state index >= 15 is 0 Å². The number of nitro benzene ring substituents is 1. The SMILES string of the molecule is O=C(Nc1nnc(SCCCCCCN2C(=O)c3ccccc3C2=O)s1)c1cccc([N+](=O)[O-])c1. The molecule has 0 atom stereocenters. The second-order valence-corrected chi connectivity index (χ2v) is 10.0. The molecule has 1 aliphatic heterocycles. The van der Waals surface area contributed by atoms with Crippen molar-refractivity contribution in [3.63, 3.8) is 0 Å². The molecule has 0 bridgehead atoms. The fourth-order valence-electron chi connectivity index (χ4n) is 3.58. The van der Waals surface area contributed by atoms with Gasteiger partial charge in [0.25, 0.3) is 23.4 Å². The van der Waals surface area contributed by atoms with E-state index in [2.05, 4.69) is 15.5 Å². The second-order valence-electron chi connectivity index (χ2n) is 7.70. The van der Waals surface area contributed by atoms with Gasteiger partial charge in [0.1, 0.15) is 0 Å². The molecule has 2 aromatic carbocycles. The van der Waals surface area contributed by atoms with Gasteiger partial charge in [-0.15, -0.1) is 10.2 Å². The third-order valence-electron chi connectivity index (χ3n) is 5.33. The monoisotopic (exact) mass is 511 g/mol. The lowest BCUT2D eigenvalue weighted by Gasteiger charge is -2.13. The van der Waals surface area contributed by atoms with Crippen LogP contribution in [0, 0.1) is 10.1 Å². The Hall–Kier alpha value is -3.64. The van der Waals surface area contributed by atoms with Crippen molar-refractivity contribution in [2.75, 3.05) is 17.6 Å². The predicted octanol–water partition coefficient (Wildman–Crippen LogP) is 4.65. The van der Waals surface area contributed by atoms with Crippen LogP contribution < -0.4 is 5.32 Å². The summed E-state index contributed by atoms with van der Waals surface area (Å²) in [5.41, 5.74) is 0.970. The molecule has 0 saturated carbocycles. The Balaban J connectivity index is 1.14. The molecule has 35 heavy (non-hydrogen) atoms. The summed E-state index contributed by atoms with van der Waals surface area (Å²) < 4.78 is 0.713. The molecule has 3 amide bonds. The van der Waals surface area contributed by atoms with Crippen molar-refractivity contribution in [1.82, 2.24) is 15.1 Å². The summed E-state index contributed by atoms with van der Waals surface area (Å²) in [5.74, 6) is -0.100. The smallest absolute Gasteiger partial charge is 0.270 e. The fourth-order valence-corrected chi connectivity index (χ4v) is 5.39. The number of benzene rings is 2. The molecule has 2 heterocycles. The molecule has 3 aromatic rings. The number of carbonyl (C=O) groups excluding carboxylic acids is 3. The van der Waals surface area contributed by atoms with Crippen LogP contribution in [0.3, 0.4) is 0 Å². The molecule has 0 radical (unpaired) electrons. The zero-order valence-corrected chi connectivity index (χ0v) is 20.1. The summed E-state index contributed by atoms with van der Waals surface area (Å²) in [4.78, 5) is 48.7. The summed E-state index contributed by atoms with van der Waals surface area (Å²) >= 11 is 2.77.